The molecule has 0 aliphatic rings. The third kappa shape index (κ3) is 2.10. The smallest absolute Gasteiger partial charge is 0.303 e. The van der Waals surface area contributed by atoms with Crippen LogP contribution in [0.15, 0.2) is 22.8 Å². The van der Waals surface area contributed by atoms with Crippen LogP contribution < -0.4 is 0 Å². The van der Waals surface area contributed by atoms with Crippen LogP contribution in [0.1, 0.15) is 12.2 Å². The molecule has 16 heavy (non-hydrogen) atoms. The van der Waals surface area contributed by atoms with Crippen molar-refractivity contribution in [2.24, 2.45) is 7.05 Å². The zero-order valence-electron chi connectivity index (χ0n) is 8.75. The molecule has 1 N–H and O–H groups in total. The third-order valence-electron chi connectivity index (χ3n) is 2.11. The van der Waals surface area contributed by atoms with Gasteiger partial charge in [-0.15, -0.1) is 0 Å². The second kappa shape index (κ2) is 4.18. The summed E-state index contributed by atoms with van der Waals surface area (Å²) in [5.41, 5.74) is 0. The van der Waals surface area contributed by atoms with Crippen molar-refractivity contribution in [2.75, 3.05) is 0 Å². The van der Waals surface area contributed by atoms with E-state index >= 15 is 0 Å². The number of aromatic nitrogens is 3. The Morgan fingerprint density at radius 2 is 2.44 bits per heavy atom. The fourth-order valence-electron chi connectivity index (χ4n) is 1.38. The summed E-state index contributed by atoms with van der Waals surface area (Å²) in [6.07, 6.45) is 1.91. The lowest BCUT2D eigenvalue weighted by Gasteiger charge is -1.92. The molecule has 0 radical (unpaired) electrons. The number of hydrogen-bond acceptors (Lipinski definition) is 4. The van der Waals surface area contributed by atoms with E-state index in [1.807, 2.05) is 0 Å². The second-order valence-electron chi connectivity index (χ2n) is 3.35. The van der Waals surface area contributed by atoms with Gasteiger partial charge in [-0.25, -0.2) is 9.67 Å². The molecule has 0 saturated heterocycles. The maximum atomic E-state index is 10.4. The van der Waals surface area contributed by atoms with Crippen LogP contribution in [0.3, 0.4) is 0 Å². The van der Waals surface area contributed by atoms with Gasteiger partial charge >= 0.3 is 5.97 Å². The van der Waals surface area contributed by atoms with Gasteiger partial charge in [0.15, 0.2) is 17.4 Å². The van der Waals surface area contributed by atoms with E-state index in [1.54, 1.807) is 30.1 Å². The van der Waals surface area contributed by atoms with Gasteiger partial charge in [-0.2, -0.15) is 5.10 Å². The molecule has 0 bridgehead atoms. The van der Waals surface area contributed by atoms with Crippen LogP contribution in [0.25, 0.3) is 11.6 Å². The molecule has 0 fully saturated rings. The standard InChI is InChI=1S/C10H11N3O3/c1-13-10(7-3-2-6-16-7)11-8(12-13)4-5-9(14)15/h2-3,6H,4-5H2,1H3,(H,14,15). The predicted octanol–water partition coefficient (Wildman–Crippen LogP) is 1.09. The molecule has 6 heteroatoms. The highest BCUT2D eigenvalue weighted by atomic mass is 16.4. The van der Waals surface area contributed by atoms with Crippen molar-refractivity contribution in [3.63, 3.8) is 0 Å². The van der Waals surface area contributed by atoms with Gasteiger partial charge in [0.05, 0.1) is 12.7 Å². The Hall–Kier alpha value is -2.11. The molecular formula is C10H11N3O3. The first-order chi connectivity index (χ1) is 7.66. The molecular weight excluding hydrogens is 210 g/mol. The number of hydrogen-bond donors (Lipinski definition) is 1. The Kier molecular flexibility index (Phi) is 2.72. The fourth-order valence-corrected chi connectivity index (χ4v) is 1.38. The summed E-state index contributed by atoms with van der Waals surface area (Å²) in [6, 6.07) is 3.55. The Balaban J connectivity index is 2.19. The number of nitrogens with zero attached hydrogens (tertiary/aromatic N) is 3. The first-order valence-electron chi connectivity index (χ1n) is 4.82. The van der Waals surface area contributed by atoms with Crippen molar-refractivity contribution < 1.29 is 14.3 Å². The van der Waals surface area contributed by atoms with Crippen molar-refractivity contribution >= 4 is 5.97 Å². The highest BCUT2D eigenvalue weighted by molar-refractivity contribution is 5.66. The molecule has 0 aliphatic carbocycles. The molecule has 2 heterocycles. The summed E-state index contributed by atoms with van der Waals surface area (Å²) >= 11 is 0. The molecule has 2 aromatic heterocycles. The number of aliphatic carboxylic acids is 1. The minimum atomic E-state index is -0.855. The van der Waals surface area contributed by atoms with Crippen LogP contribution in [-0.4, -0.2) is 25.8 Å². The lowest BCUT2D eigenvalue weighted by molar-refractivity contribution is -0.137. The highest BCUT2D eigenvalue weighted by Gasteiger charge is 2.12. The summed E-state index contributed by atoms with van der Waals surface area (Å²) in [6.45, 7) is 0. The lowest BCUT2D eigenvalue weighted by atomic mass is 10.3. The van der Waals surface area contributed by atoms with E-state index in [-0.39, 0.29) is 6.42 Å². The number of rotatable bonds is 4. The summed E-state index contributed by atoms with van der Waals surface area (Å²) in [5, 5.41) is 12.7. The topological polar surface area (TPSA) is 81.2 Å². The predicted molar refractivity (Wildman–Crippen MR) is 54.7 cm³/mol. The zero-order chi connectivity index (χ0) is 11.5. The third-order valence-corrected chi connectivity index (χ3v) is 2.11. The van der Waals surface area contributed by atoms with Gasteiger partial charge in [-0.05, 0) is 12.1 Å². The number of carboxylic acids is 1. The Morgan fingerprint density at radius 1 is 1.62 bits per heavy atom. The van der Waals surface area contributed by atoms with Crippen molar-refractivity contribution in [3.05, 3.63) is 24.2 Å². The molecule has 0 unspecified atom stereocenters. The van der Waals surface area contributed by atoms with Crippen molar-refractivity contribution in [2.45, 2.75) is 12.8 Å². The number of furan rings is 1. The maximum Gasteiger partial charge on any atom is 0.303 e. The van der Waals surface area contributed by atoms with E-state index in [0.29, 0.717) is 23.8 Å². The van der Waals surface area contributed by atoms with Crippen LogP contribution in [0, 0.1) is 0 Å². The first-order valence-corrected chi connectivity index (χ1v) is 4.82. The quantitative estimate of drug-likeness (QED) is 0.835. The first kappa shape index (κ1) is 10.4. The van der Waals surface area contributed by atoms with Crippen LogP contribution >= 0.6 is 0 Å². The second-order valence-corrected chi connectivity index (χ2v) is 3.35. The molecule has 2 rings (SSSR count). The van der Waals surface area contributed by atoms with Crippen LogP contribution in [0.4, 0.5) is 0 Å². The van der Waals surface area contributed by atoms with Crippen molar-refractivity contribution in [1.82, 2.24) is 14.8 Å². The van der Waals surface area contributed by atoms with E-state index in [1.165, 1.54) is 0 Å². The van der Waals surface area contributed by atoms with E-state index in [0.717, 1.165) is 0 Å². The van der Waals surface area contributed by atoms with Gasteiger partial charge in [0, 0.05) is 13.5 Å². The van der Waals surface area contributed by atoms with Crippen LogP contribution in [0.5, 0.6) is 0 Å². The Morgan fingerprint density at radius 3 is 3.06 bits per heavy atom. The summed E-state index contributed by atoms with van der Waals surface area (Å²) in [5.74, 6) is 0.880. The van der Waals surface area contributed by atoms with Gasteiger partial charge in [-0.3, -0.25) is 4.79 Å². The molecule has 6 nitrogen and oxygen atoms in total. The van der Waals surface area contributed by atoms with Gasteiger partial charge in [0.25, 0.3) is 0 Å². The Labute approximate surface area is 91.5 Å². The molecule has 0 spiro atoms. The van der Waals surface area contributed by atoms with E-state index < -0.39 is 5.97 Å². The summed E-state index contributed by atoms with van der Waals surface area (Å²) in [4.78, 5) is 14.6. The number of carboxylic acid groups (broad SMARTS) is 1. The minimum absolute atomic E-state index is 0.0294. The van der Waals surface area contributed by atoms with Gasteiger partial charge in [0.1, 0.15) is 0 Å². The largest absolute Gasteiger partial charge is 0.481 e. The monoisotopic (exact) mass is 221 g/mol. The molecule has 0 atom stereocenters. The van der Waals surface area contributed by atoms with Gasteiger partial charge in [0.2, 0.25) is 0 Å². The summed E-state index contributed by atoms with van der Waals surface area (Å²) in [7, 11) is 1.75. The average molecular weight is 221 g/mol. The summed E-state index contributed by atoms with van der Waals surface area (Å²) < 4.78 is 6.78. The number of aryl methyl sites for hydroxylation is 2. The SMILES string of the molecule is Cn1nc(CCC(=O)O)nc1-c1ccco1. The van der Waals surface area contributed by atoms with Crippen molar-refractivity contribution in [3.8, 4) is 11.6 Å². The maximum absolute atomic E-state index is 10.4. The Bertz CT molecular complexity index is 487. The van der Waals surface area contributed by atoms with Crippen molar-refractivity contribution in [1.29, 1.82) is 0 Å². The fraction of sp³-hybridized carbons (Fsp3) is 0.300. The molecule has 0 aliphatic heterocycles. The lowest BCUT2D eigenvalue weighted by Crippen LogP contribution is -1.99. The van der Waals surface area contributed by atoms with E-state index in [4.69, 9.17) is 9.52 Å². The zero-order valence-corrected chi connectivity index (χ0v) is 8.75. The van der Waals surface area contributed by atoms with Gasteiger partial charge in [-0.1, -0.05) is 0 Å². The van der Waals surface area contributed by atoms with Crippen LogP contribution in [-0.2, 0) is 18.3 Å². The molecule has 84 valence electrons. The van der Waals surface area contributed by atoms with E-state index in [9.17, 15) is 4.79 Å². The normalized spacial score (nSPS) is 10.6. The molecule has 0 saturated carbocycles. The molecule has 0 amide bonds. The molecule has 2 aromatic rings. The van der Waals surface area contributed by atoms with E-state index in [2.05, 4.69) is 10.1 Å². The van der Waals surface area contributed by atoms with Gasteiger partial charge < -0.3 is 9.52 Å². The van der Waals surface area contributed by atoms with Crippen LogP contribution in [0.2, 0.25) is 0 Å². The average Bonchev–Trinajstić information content (AvgIpc) is 2.83. The minimum Gasteiger partial charge on any atom is -0.481 e. The highest BCUT2D eigenvalue weighted by Crippen LogP contribution is 2.16. The molecule has 0 aromatic carbocycles. The number of carbonyl (C=O) groups is 1.